The minimum absolute atomic E-state index is 0. The van der Waals surface area contributed by atoms with E-state index in [1.807, 2.05) is 0 Å². The maximum absolute atomic E-state index is 7.76. The molecule has 2 nitrogen and oxygen atoms in total. The second-order valence-electron chi connectivity index (χ2n) is 0.702. The summed E-state index contributed by atoms with van der Waals surface area (Å²) < 4.78 is 0. The zero-order chi connectivity index (χ0) is 4.99. The molecule has 0 amide bonds. The summed E-state index contributed by atoms with van der Waals surface area (Å²) in [7, 11) is 0. The van der Waals surface area contributed by atoms with E-state index in [-0.39, 0.29) is 64.7 Å². The van der Waals surface area contributed by atoms with E-state index in [2.05, 4.69) is 6.58 Å². The SMILES string of the molecule is C=C(C#N)C#N.[NaH].[NaH]. The van der Waals surface area contributed by atoms with E-state index in [0.29, 0.717) is 0 Å². The summed E-state index contributed by atoms with van der Waals surface area (Å²) in [5.41, 5.74) is -0.0463. The third-order valence-electron chi connectivity index (χ3n) is 0.270. The van der Waals surface area contributed by atoms with Crippen LogP contribution in [0, 0.1) is 22.7 Å². The molecule has 0 aromatic carbocycles. The van der Waals surface area contributed by atoms with Crippen molar-refractivity contribution < 1.29 is 0 Å². The third kappa shape index (κ3) is 9.87. The zero-order valence-corrected chi connectivity index (χ0v) is 3.10. The van der Waals surface area contributed by atoms with Crippen LogP contribution in [0.2, 0.25) is 0 Å². The van der Waals surface area contributed by atoms with Gasteiger partial charge in [0.1, 0.15) is 17.7 Å². The van der Waals surface area contributed by atoms with Crippen molar-refractivity contribution in [1.29, 1.82) is 10.5 Å². The molecule has 0 aliphatic rings. The predicted molar refractivity (Wildman–Crippen MR) is 34.7 cm³/mol. The molecule has 0 fully saturated rings. The van der Waals surface area contributed by atoms with E-state index in [9.17, 15) is 0 Å². The van der Waals surface area contributed by atoms with Crippen LogP contribution in [-0.2, 0) is 0 Å². The molecule has 32 valence electrons. The van der Waals surface area contributed by atoms with E-state index < -0.39 is 0 Å². The molecule has 0 heterocycles. The quantitative estimate of drug-likeness (QED) is 0.318. The van der Waals surface area contributed by atoms with Crippen LogP contribution in [0.5, 0.6) is 0 Å². The average molecular weight is 126 g/mol. The molecule has 0 unspecified atom stereocenters. The molecule has 4 heteroatoms. The Morgan fingerprint density at radius 3 is 1.38 bits per heavy atom. The van der Waals surface area contributed by atoms with Crippen molar-refractivity contribution in [2.75, 3.05) is 0 Å². The predicted octanol–water partition coefficient (Wildman–Crippen LogP) is -0.707. The van der Waals surface area contributed by atoms with Gasteiger partial charge < -0.3 is 0 Å². The summed E-state index contributed by atoms with van der Waals surface area (Å²) in [6.45, 7) is 3.07. The van der Waals surface area contributed by atoms with Crippen molar-refractivity contribution in [1.82, 2.24) is 0 Å². The van der Waals surface area contributed by atoms with E-state index in [1.54, 1.807) is 12.1 Å². The Hall–Kier alpha value is 0.720. The topological polar surface area (TPSA) is 47.6 Å². The van der Waals surface area contributed by atoms with E-state index >= 15 is 0 Å². The van der Waals surface area contributed by atoms with Crippen LogP contribution in [0.1, 0.15) is 0 Å². The summed E-state index contributed by atoms with van der Waals surface area (Å²) >= 11 is 0. The van der Waals surface area contributed by atoms with Gasteiger partial charge in [0.15, 0.2) is 0 Å². The Bertz CT molecular complexity index is 123. The molecule has 0 aliphatic heterocycles. The van der Waals surface area contributed by atoms with Crippen molar-refractivity contribution >= 4 is 59.1 Å². The first kappa shape index (κ1) is 15.9. The summed E-state index contributed by atoms with van der Waals surface area (Å²) in [4.78, 5) is 0. The average Bonchev–Trinajstić information content (AvgIpc) is 1.65. The molecule has 0 saturated carbocycles. The van der Waals surface area contributed by atoms with Crippen LogP contribution in [0.4, 0.5) is 0 Å². The molecule has 8 heavy (non-hydrogen) atoms. The zero-order valence-electron chi connectivity index (χ0n) is 3.10. The van der Waals surface area contributed by atoms with Crippen molar-refractivity contribution in [3.63, 3.8) is 0 Å². The van der Waals surface area contributed by atoms with Crippen molar-refractivity contribution in [3.8, 4) is 12.1 Å². The fraction of sp³-hybridized carbons (Fsp3) is 0. The monoisotopic (exact) mass is 126 g/mol. The third-order valence-corrected chi connectivity index (χ3v) is 0.270. The van der Waals surface area contributed by atoms with Gasteiger partial charge in [-0.25, -0.2) is 0 Å². The number of hydrogen-bond acceptors (Lipinski definition) is 2. The molecule has 0 rings (SSSR count). The minimum atomic E-state index is -0.0463. The Morgan fingerprint density at radius 1 is 1.12 bits per heavy atom. The van der Waals surface area contributed by atoms with Gasteiger partial charge in [0, 0.05) is 0 Å². The van der Waals surface area contributed by atoms with Crippen LogP contribution >= 0.6 is 0 Å². The van der Waals surface area contributed by atoms with Gasteiger partial charge in [-0.2, -0.15) is 10.5 Å². The normalized spacial score (nSPS) is 3.75. The van der Waals surface area contributed by atoms with Crippen LogP contribution in [-0.4, -0.2) is 59.1 Å². The summed E-state index contributed by atoms with van der Waals surface area (Å²) in [5.74, 6) is 0. The number of allylic oxidation sites excluding steroid dienone is 1. The fourth-order valence-corrected chi connectivity index (χ4v) is 0.0250. The van der Waals surface area contributed by atoms with Crippen molar-refractivity contribution in [2.24, 2.45) is 0 Å². The van der Waals surface area contributed by atoms with Gasteiger partial charge >= 0.3 is 59.1 Å². The van der Waals surface area contributed by atoms with E-state index in [0.717, 1.165) is 0 Å². The second kappa shape index (κ2) is 10.7. The van der Waals surface area contributed by atoms with Gasteiger partial charge in [0.25, 0.3) is 0 Å². The Labute approximate surface area is 92.8 Å². The molecule has 0 saturated heterocycles. The van der Waals surface area contributed by atoms with Gasteiger partial charge in [0.2, 0.25) is 0 Å². The molecule has 0 spiro atoms. The first-order chi connectivity index (χ1) is 2.81. The fourth-order valence-electron chi connectivity index (χ4n) is 0.0250. The molecule has 0 N–H and O–H groups in total. The molecule has 0 aliphatic carbocycles. The van der Waals surface area contributed by atoms with Crippen LogP contribution < -0.4 is 0 Å². The number of rotatable bonds is 0. The molecule has 0 aromatic heterocycles. The first-order valence-corrected chi connectivity index (χ1v) is 1.30. The van der Waals surface area contributed by atoms with Gasteiger partial charge in [0.05, 0.1) is 0 Å². The van der Waals surface area contributed by atoms with Gasteiger partial charge in [-0.05, 0) is 0 Å². The molecular formula is C4H4N2Na2. The summed E-state index contributed by atoms with van der Waals surface area (Å²) in [5, 5.41) is 15.5. The Balaban J connectivity index is -0.000000125. The molecular weight excluding hydrogens is 122 g/mol. The van der Waals surface area contributed by atoms with Gasteiger partial charge in [-0.1, -0.05) is 6.58 Å². The summed E-state index contributed by atoms with van der Waals surface area (Å²) in [6.07, 6.45) is 0. The standard InChI is InChI=1S/C4H2N2.2Na.2H/c1-4(2-5)3-6;;;;/h1H2;;;;. The molecule has 0 atom stereocenters. The van der Waals surface area contributed by atoms with Gasteiger partial charge in [-0.3, -0.25) is 0 Å². The molecule has 0 bridgehead atoms. The second-order valence-corrected chi connectivity index (χ2v) is 0.702. The van der Waals surface area contributed by atoms with E-state index in [4.69, 9.17) is 10.5 Å². The number of nitrogens with zero attached hydrogens (tertiary/aromatic N) is 2. The first-order valence-electron chi connectivity index (χ1n) is 1.30. The summed E-state index contributed by atoms with van der Waals surface area (Å²) in [6, 6.07) is 3.12. The number of nitriles is 2. The Morgan fingerprint density at radius 2 is 1.38 bits per heavy atom. The maximum atomic E-state index is 7.76. The Kier molecular flexibility index (Phi) is 21.2. The van der Waals surface area contributed by atoms with E-state index in [1.165, 1.54) is 0 Å². The van der Waals surface area contributed by atoms with Crippen molar-refractivity contribution in [3.05, 3.63) is 12.2 Å². The van der Waals surface area contributed by atoms with Crippen LogP contribution in [0.15, 0.2) is 12.2 Å². The van der Waals surface area contributed by atoms with Crippen molar-refractivity contribution in [2.45, 2.75) is 0 Å². The van der Waals surface area contributed by atoms with Crippen LogP contribution in [0.3, 0.4) is 0 Å². The van der Waals surface area contributed by atoms with Crippen LogP contribution in [0.25, 0.3) is 0 Å². The van der Waals surface area contributed by atoms with Gasteiger partial charge in [-0.15, -0.1) is 0 Å². The molecule has 0 aromatic rings. The molecule has 0 radical (unpaired) electrons. The number of hydrogen-bond donors (Lipinski definition) is 0.